The molecule has 0 heterocycles. The fraction of sp³-hybridized carbons (Fsp3) is 0.100. The number of rotatable bonds is 7. The topological polar surface area (TPSA) is 0 Å². The monoisotopic (exact) mass is 354 g/mol. The summed E-state index contributed by atoms with van der Waals surface area (Å²) in [6, 6.07) is 30.1. The van der Waals surface area contributed by atoms with Crippen molar-refractivity contribution in [2.24, 2.45) is 0 Å². The van der Waals surface area contributed by atoms with Gasteiger partial charge in [0.25, 0.3) is 0 Å². The van der Waals surface area contributed by atoms with Crippen molar-refractivity contribution < 1.29 is 0 Å². The van der Waals surface area contributed by atoms with E-state index in [0.29, 0.717) is 0 Å². The molecule has 23 heavy (non-hydrogen) atoms. The van der Waals surface area contributed by atoms with Crippen molar-refractivity contribution >= 4 is 33.3 Å². The molecular weight excluding hydrogens is 336 g/mol. The predicted molar refractivity (Wildman–Crippen MR) is 106 cm³/mol. The first-order valence-electron chi connectivity index (χ1n) is 7.50. The van der Waals surface area contributed by atoms with Crippen molar-refractivity contribution in [2.45, 2.75) is 21.3 Å². The van der Waals surface area contributed by atoms with Gasteiger partial charge in [-0.3, -0.25) is 0 Å². The quantitative estimate of drug-likeness (QED) is 0.334. The third-order valence-electron chi connectivity index (χ3n) is 3.28. The van der Waals surface area contributed by atoms with Crippen LogP contribution in [0.2, 0.25) is 0 Å². The van der Waals surface area contributed by atoms with E-state index in [2.05, 4.69) is 84.9 Å². The highest BCUT2D eigenvalue weighted by Crippen LogP contribution is 2.35. The first-order chi connectivity index (χ1) is 11.4. The number of thioether (sulfide) groups is 1. The lowest BCUT2D eigenvalue weighted by atomic mass is 10.2. The van der Waals surface area contributed by atoms with E-state index < -0.39 is 0 Å². The minimum atomic E-state index is 1.02. The largest absolute Gasteiger partial charge is 0.121 e. The molecule has 116 valence electrons. The first-order valence-corrected chi connectivity index (χ1v) is 10.8. The van der Waals surface area contributed by atoms with Gasteiger partial charge in [-0.25, -0.2) is 0 Å². The van der Waals surface area contributed by atoms with Crippen molar-refractivity contribution in [1.29, 1.82) is 0 Å². The zero-order valence-corrected chi connectivity index (χ0v) is 15.2. The van der Waals surface area contributed by atoms with Crippen LogP contribution in [0.5, 0.6) is 0 Å². The van der Waals surface area contributed by atoms with E-state index in [1.165, 1.54) is 20.9 Å². The molecule has 3 rings (SSSR count). The normalized spacial score (nSPS) is 10.6. The smallest absolute Gasteiger partial charge is 0.0292 e. The Morgan fingerprint density at radius 3 is 1.87 bits per heavy atom. The summed E-state index contributed by atoms with van der Waals surface area (Å²) in [6.07, 6.45) is 0. The van der Waals surface area contributed by atoms with Crippen LogP contribution in [0.3, 0.4) is 0 Å². The number of benzene rings is 3. The average molecular weight is 355 g/mol. The van der Waals surface area contributed by atoms with Gasteiger partial charge in [-0.2, -0.15) is 0 Å². The molecule has 0 radical (unpaired) electrons. The molecule has 0 atom stereocenters. The second-order valence-corrected chi connectivity index (χ2v) is 8.50. The van der Waals surface area contributed by atoms with Crippen LogP contribution in [-0.4, -0.2) is 0 Å². The Morgan fingerprint density at radius 1 is 0.565 bits per heavy atom. The lowest BCUT2D eigenvalue weighted by Gasteiger charge is -2.05. The third-order valence-corrected chi connectivity index (χ3v) is 6.64. The third kappa shape index (κ3) is 5.69. The van der Waals surface area contributed by atoms with Crippen LogP contribution >= 0.6 is 33.3 Å². The molecule has 0 spiro atoms. The summed E-state index contributed by atoms with van der Waals surface area (Å²) in [5.74, 6) is 2.05. The molecule has 0 fully saturated rings. The van der Waals surface area contributed by atoms with Crippen LogP contribution in [0.4, 0.5) is 0 Å². The summed E-state index contributed by atoms with van der Waals surface area (Å²) in [6.45, 7) is 0. The molecule has 0 aliphatic carbocycles. The molecule has 0 aliphatic rings. The molecule has 0 amide bonds. The number of hydrogen-bond donors (Lipinski definition) is 0. The summed E-state index contributed by atoms with van der Waals surface area (Å²) in [5, 5.41) is 0. The fourth-order valence-corrected chi connectivity index (χ4v) is 5.22. The molecule has 0 saturated carbocycles. The van der Waals surface area contributed by atoms with E-state index >= 15 is 0 Å². The van der Waals surface area contributed by atoms with Crippen LogP contribution < -0.4 is 0 Å². The van der Waals surface area contributed by atoms with Crippen molar-refractivity contribution in [3.63, 3.8) is 0 Å². The molecule has 0 aliphatic heterocycles. The summed E-state index contributed by atoms with van der Waals surface area (Å²) < 4.78 is 0. The van der Waals surface area contributed by atoms with Gasteiger partial charge in [-0.15, -0.1) is 11.8 Å². The molecule has 3 heteroatoms. The molecule has 3 aromatic carbocycles. The SMILES string of the molecule is c1ccc(CSSc2cccc(SCc3ccccc3)c2)cc1. The van der Waals surface area contributed by atoms with Gasteiger partial charge in [0.1, 0.15) is 0 Å². The Bertz CT molecular complexity index is 711. The molecule has 0 unspecified atom stereocenters. The Labute approximate surface area is 150 Å². The van der Waals surface area contributed by atoms with Gasteiger partial charge in [0.2, 0.25) is 0 Å². The standard InChI is InChI=1S/C20H18S3/c1-3-8-17(9-4-1)15-21-19-12-7-13-20(14-19)23-22-16-18-10-5-2-6-11-18/h1-14H,15-16H2. The summed E-state index contributed by atoms with van der Waals surface area (Å²) >= 11 is 1.89. The molecular formula is C20H18S3. The van der Waals surface area contributed by atoms with Crippen LogP contribution in [-0.2, 0) is 11.5 Å². The minimum Gasteiger partial charge on any atom is -0.121 e. The highest BCUT2D eigenvalue weighted by atomic mass is 33.1. The van der Waals surface area contributed by atoms with E-state index in [9.17, 15) is 0 Å². The first kappa shape index (κ1) is 16.6. The van der Waals surface area contributed by atoms with Gasteiger partial charge in [-0.1, -0.05) is 88.3 Å². The summed E-state index contributed by atoms with van der Waals surface area (Å²) in [4.78, 5) is 2.66. The zero-order valence-electron chi connectivity index (χ0n) is 12.7. The van der Waals surface area contributed by atoms with Gasteiger partial charge in [0.15, 0.2) is 0 Å². The number of hydrogen-bond acceptors (Lipinski definition) is 3. The molecule has 0 N–H and O–H groups in total. The maximum absolute atomic E-state index is 2.29. The van der Waals surface area contributed by atoms with Gasteiger partial charge in [0, 0.05) is 21.3 Å². The van der Waals surface area contributed by atoms with Gasteiger partial charge < -0.3 is 0 Å². The van der Waals surface area contributed by atoms with Gasteiger partial charge in [-0.05, 0) is 29.3 Å². The van der Waals surface area contributed by atoms with Crippen LogP contribution in [0.25, 0.3) is 0 Å². The average Bonchev–Trinajstić information content (AvgIpc) is 2.62. The highest BCUT2D eigenvalue weighted by Gasteiger charge is 2.00. The van der Waals surface area contributed by atoms with Crippen molar-refractivity contribution in [1.82, 2.24) is 0 Å². The van der Waals surface area contributed by atoms with Crippen LogP contribution in [0, 0.1) is 0 Å². The molecule has 0 aromatic heterocycles. The molecule has 3 aromatic rings. The van der Waals surface area contributed by atoms with E-state index in [1.807, 2.05) is 33.3 Å². The molecule has 0 bridgehead atoms. The maximum Gasteiger partial charge on any atom is 0.0292 e. The Kier molecular flexibility index (Phi) is 6.56. The lowest BCUT2D eigenvalue weighted by molar-refractivity contribution is 1.32. The summed E-state index contributed by atoms with van der Waals surface area (Å²) in [7, 11) is 3.74. The van der Waals surface area contributed by atoms with Gasteiger partial charge in [0.05, 0.1) is 0 Å². The Hall–Kier alpha value is -1.29. The Morgan fingerprint density at radius 2 is 1.17 bits per heavy atom. The van der Waals surface area contributed by atoms with Crippen LogP contribution in [0.1, 0.15) is 11.1 Å². The highest BCUT2D eigenvalue weighted by molar-refractivity contribution is 8.76. The van der Waals surface area contributed by atoms with Crippen molar-refractivity contribution in [3.05, 3.63) is 96.1 Å². The maximum atomic E-state index is 2.29. The summed E-state index contributed by atoms with van der Waals surface area (Å²) in [5.41, 5.74) is 2.74. The van der Waals surface area contributed by atoms with E-state index in [1.54, 1.807) is 0 Å². The van der Waals surface area contributed by atoms with E-state index in [0.717, 1.165) is 11.5 Å². The fourth-order valence-electron chi connectivity index (χ4n) is 2.10. The van der Waals surface area contributed by atoms with Crippen molar-refractivity contribution in [3.8, 4) is 0 Å². The van der Waals surface area contributed by atoms with Crippen molar-refractivity contribution in [2.75, 3.05) is 0 Å². The van der Waals surface area contributed by atoms with Crippen LogP contribution in [0.15, 0.2) is 94.7 Å². The lowest BCUT2D eigenvalue weighted by Crippen LogP contribution is -1.80. The second-order valence-electron chi connectivity index (χ2n) is 5.08. The molecule has 0 nitrogen and oxygen atoms in total. The predicted octanol–water partition coefficient (Wildman–Crippen LogP) is 6.92. The van der Waals surface area contributed by atoms with Gasteiger partial charge >= 0.3 is 0 Å². The van der Waals surface area contributed by atoms with E-state index in [4.69, 9.17) is 0 Å². The minimum absolute atomic E-state index is 1.02. The second kappa shape index (κ2) is 9.11. The zero-order chi connectivity index (χ0) is 15.7. The molecule has 0 saturated heterocycles. The Balaban J connectivity index is 1.51. The van der Waals surface area contributed by atoms with E-state index in [-0.39, 0.29) is 0 Å².